The number of unbranched alkanes of at least 4 members (excludes halogenated alkanes) is 9. The van der Waals surface area contributed by atoms with Gasteiger partial charge in [0.05, 0.1) is 0 Å². The van der Waals surface area contributed by atoms with Gasteiger partial charge in [0.2, 0.25) is 0 Å². The summed E-state index contributed by atoms with van der Waals surface area (Å²) in [6.45, 7) is 0.819. The standard InChI is InChI=1S/C14H33N7O4/c22-13(23)11-9-7-5-3-1-2-4-6-8-10-12-15-17-19-21-20-18-16-14(24)25/h15-21H,1-12H2,(H,22,23)(H,24,25). The Balaban J connectivity index is 3.00. The highest BCUT2D eigenvalue weighted by Gasteiger charge is 1.97. The maximum absolute atomic E-state index is 10.4. The van der Waals surface area contributed by atoms with Gasteiger partial charge in [0.15, 0.2) is 0 Å². The molecule has 1 amide bonds. The van der Waals surface area contributed by atoms with E-state index in [9.17, 15) is 9.59 Å². The highest BCUT2D eigenvalue weighted by molar-refractivity contribution is 5.66. The number of carboxylic acid groups (broad SMARTS) is 2. The SMILES string of the molecule is O=C(O)CCCCCCCCCCCCNNNNNNNC(=O)O. The maximum Gasteiger partial charge on any atom is 0.420 e. The van der Waals surface area contributed by atoms with Crippen molar-refractivity contribution in [3.05, 3.63) is 0 Å². The Morgan fingerprint density at radius 1 is 0.600 bits per heavy atom. The molecule has 0 bridgehead atoms. The third kappa shape index (κ3) is 22.5. The van der Waals surface area contributed by atoms with E-state index >= 15 is 0 Å². The van der Waals surface area contributed by atoms with Gasteiger partial charge >= 0.3 is 12.1 Å². The first-order valence-electron chi connectivity index (χ1n) is 8.81. The predicted molar refractivity (Wildman–Crippen MR) is 93.3 cm³/mol. The Morgan fingerprint density at radius 3 is 1.64 bits per heavy atom. The summed E-state index contributed by atoms with van der Waals surface area (Å²) in [7, 11) is 0. The van der Waals surface area contributed by atoms with Gasteiger partial charge < -0.3 is 10.2 Å². The molecule has 148 valence electrons. The lowest BCUT2D eigenvalue weighted by molar-refractivity contribution is -0.137. The number of hydrogen-bond donors (Lipinski definition) is 9. The van der Waals surface area contributed by atoms with Crippen LogP contribution in [0.1, 0.15) is 70.6 Å². The molecule has 11 heteroatoms. The monoisotopic (exact) mass is 363 g/mol. The number of carbonyl (C=O) groups is 2. The molecule has 0 radical (unpaired) electrons. The highest BCUT2D eigenvalue weighted by atomic mass is 16.4. The van der Waals surface area contributed by atoms with Crippen LogP contribution < -0.4 is 38.5 Å². The van der Waals surface area contributed by atoms with Crippen LogP contribution in [-0.4, -0.2) is 28.8 Å². The lowest BCUT2D eigenvalue weighted by Crippen LogP contribution is -2.61. The number of aliphatic carboxylic acids is 1. The summed E-state index contributed by atoms with van der Waals surface area (Å²) in [5.41, 5.74) is 17.0. The summed E-state index contributed by atoms with van der Waals surface area (Å²) < 4.78 is 0. The van der Waals surface area contributed by atoms with Crippen LogP contribution >= 0.6 is 0 Å². The van der Waals surface area contributed by atoms with E-state index in [1.165, 1.54) is 38.5 Å². The van der Waals surface area contributed by atoms with Gasteiger partial charge in [-0.1, -0.05) is 51.4 Å². The highest BCUT2D eigenvalue weighted by Crippen LogP contribution is 2.11. The van der Waals surface area contributed by atoms with Crippen LogP contribution in [0.2, 0.25) is 0 Å². The van der Waals surface area contributed by atoms with Gasteiger partial charge in [-0.05, 0) is 12.8 Å². The number of amides is 1. The molecule has 0 aromatic carbocycles. The molecule has 0 saturated carbocycles. The molecule has 0 unspecified atom stereocenters. The van der Waals surface area contributed by atoms with Crippen molar-refractivity contribution in [1.29, 1.82) is 0 Å². The number of rotatable bonds is 19. The Hall–Kier alpha value is -1.50. The molecule has 9 N–H and O–H groups in total. The van der Waals surface area contributed by atoms with Gasteiger partial charge in [0.1, 0.15) is 0 Å². The average Bonchev–Trinajstić information content (AvgIpc) is 2.56. The Morgan fingerprint density at radius 2 is 1.08 bits per heavy atom. The zero-order valence-electron chi connectivity index (χ0n) is 14.7. The molecule has 0 fully saturated rings. The minimum absolute atomic E-state index is 0.295. The summed E-state index contributed by atoms with van der Waals surface area (Å²) in [5, 5.41) is 16.8. The van der Waals surface area contributed by atoms with E-state index < -0.39 is 12.1 Å². The Kier molecular flexibility index (Phi) is 17.7. The number of carboxylic acids is 1. The van der Waals surface area contributed by atoms with Crippen molar-refractivity contribution in [2.45, 2.75) is 70.6 Å². The minimum atomic E-state index is -1.20. The fourth-order valence-corrected chi connectivity index (χ4v) is 2.19. The maximum atomic E-state index is 10.4. The molecule has 0 aliphatic carbocycles. The van der Waals surface area contributed by atoms with E-state index in [0.717, 1.165) is 32.2 Å². The molecule has 0 aliphatic heterocycles. The van der Waals surface area contributed by atoms with Crippen LogP contribution in [0.5, 0.6) is 0 Å². The molecule has 0 aliphatic rings. The predicted octanol–water partition coefficient (Wildman–Crippen LogP) is 0.657. The smallest absolute Gasteiger partial charge is 0.420 e. The van der Waals surface area contributed by atoms with E-state index in [1.54, 1.807) is 0 Å². The minimum Gasteiger partial charge on any atom is -0.481 e. The van der Waals surface area contributed by atoms with Gasteiger partial charge in [-0.2, -0.15) is 27.7 Å². The first kappa shape index (κ1) is 23.5. The first-order valence-corrected chi connectivity index (χ1v) is 8.81. The van der Waals surface area contributed by atoms with Crippen LogP contribution in [0.25, 0.3) is 0 Å². The Labute approximate surface area is 148 Å². The van der Waals surface area contributed by atoms with Gasteiger partial charge in [0.25, 0.3) is 0 Å². The van der Waals surface area contributed by atoms with Crippen molar-refractivity contribution in [1.82, 2.24) is 38.5 Å². The third-order valence-corrected chi connectivity index (χ3v) is 3.45. The molecular formula is C14H33N7O4. The average molecular weight is 363 g/mol. The van der Waals surface area contributed by atoms with Gasteiger partial charge in [-0.3, -0.25) is 4.79 Å². The normalized spacial score (nSPS) is 10.7. The van der Waals surface area contributed by atoms with E-state index in [0.29, 0.717) is 6.42 Å². The second-order valence-corrected chi connectivity index (χ2v) is 5.66. The molecule has 0 rings (SSSR count). The molecular weight excluding hydrogens is 330 g/mol. The lowest BCUT2D eigenvalue weighted by atomic mass is 10.1. The summed E-state index contributed by atoms with van der Waals surface area (Å²) in [5.74, 6) is -0.696. The van der Waals surface area contributed by atoms with Crippen molar-refractivity contribution < 1.29 is 19.8 Å². The number of nitrogens with one attached hydrogen (secondary N) is 7. The van der Waals surface area contributed by atoms with Crippen LogP contribution in [-0.2, 0) is 4.79 Å². The van der Waals surface area contributed by atoms with Gasteiger partial charge in [0, 0.05) is 13.0 Å². The molecule has 0 heterocycles. The molecule has 0 spiro atoms. The zero-order chi connectivity index (χ0) is 18.6. The zero-order valence-corrected chi connectivity index (χ0v) is 14.7. The summed E-state index contributed by atoms with van der Waals surface area (Å²) in [6, 6.07) is 0. The number of hydrogen-bond acceptors (Lipinski definition) is 8. The second-order valence-electron chi connectivity index (χ2n) is 5.66. The summed E-state index contributed by atoms with van der Waals surface area (Å²) in [4.78, 5) is 20.4. The Bertz CT molecular complexity index is 304. The molecule has 0 atom stereocenters. The van der Waals surface area contributed by atoms with Crippen LogP contribution in [0.3, 0.4) is 0 Å². The molecule has 0 saturated heterocycles. The molecule has 11 nitrogen and oxygen atoms in total. The summed E-state index contributed by atoms with van der Waals surface area (Å²) in [6.07, 6.45) is 10.4. The molecule has 0 aromatic rings. The van der Waals surface area contributed by atoms with Crippen molar-refractivity contribution in [2.75, 3.05) is 6.54 Å². The van der Waals surface area contributed by atoms with Crippen molar-refractivity contribution >= 4 is 12.1 Å². The van der Waals surface area contributed by atoms with Gasteiger partial charge in [-0.15, -0.1) is 0 Å². The quantitative estimate of drug-likeness (QED) is 0.118. The van der Waals surface area contributed by atoms with Crippen molar-refractivity contribution in [2.24, 2.45) is 0 Å². The van der Waals surface area contributed by atoms with Crippen LogP contribution in [0.15, 0.2) is 0 Å². The van der Waals surface area contributed by atoms with Crippen molar-refractivity contribution in [3.63, 3.8) is 0 Å². The third-order valence-electron chi connectivity index (χ3n) is 3.45. The molecule has 25 heavy (non-hydrogen) atoms. The largest absolute Gasteiger partial charge is 0.481 e. The van der Waals surface area contributed by atoms with Crippen LogP contribution in [0, 0.1) is 0 Å². The topological polar surface area (TPSA) is 159 Å². The second kappa shape index (κ2) is 18.8. The van der Waals surface area contributed by atoms with E-state index in [-0.39, 0.29) is 0 Å². The van der Waals surface area contributed by atoms with E-state index in [2.05, 4.69) is 33.1 Å². The first-order chi connectivity index (χ1) is 12.1. The molecule has 0 aromatic heterocycles. The lowest BCUT2D eigenvalue weighted by Gasteiger charge is -2.11. The van der Waals surface area contributed by atoms with Crippen LogP contribution in [0.4, 0.5) is 4.79 Å². The fraction of sp³-hybridized carbons (Fsp3) is 0.857. The van der Waals surface area contributed by atoms with E-state index in [4.69, 9.17) is 10.2 Å². The fourth-order valence-electron chi connectivity index (χ4n) is 2.19. The van der Waals surface area contributed by atoms with Gasteiger partial charge in [-0.25, -0.2) is 15.6 Å². The number of hydrazine groups is 6. The van der Waals surface area contributed by atoms with E-state index in [1.807, 2.05) is 5.43 Å². The summed E-state index contributed by atoms with van der Waals surface area (Å²) >= 11 is 0. The van der Waals surface area contributed by atoms with Crippen molar-refractivity contribution in [3.8, 4) is 0 Å².